The predicted molar refractivity (Wildman–Crippen MR) is 115 cm³/mol. The zero-order chi connectivity index (χ0) is 23.3. The third-order valence-electron chi connectivity index (χ3n) is 4.96. The molecule has 168 valence electrons. The number of nitrogens with one attached hydrogen (secondary N) is 1. The Morgan fingerprint density at radius 1 is 1.16 bits per heavy atom. The summed E-state index contributed by atoms with van der Waals surface area (Å²) < 4.78 is 10.6. The molecule has 9 heteroatoms. The molecular formula is C23H24N2O7. The monoisotopic (exact) mass is 440 g/mol. The molecule has 32 heavy (non-hydrogen) atoms. The van der Waals surface area contributed by atoms with Crippen LogP contribution >= 0.6 is 0 Å². The van der Waals surface area contributed by atoms with Gasteiger partial charge in [0.2, 0.25) is 0 Å². The maximum absolute atomic E-state index is 12.8. The van der Waals surface area contributed by atoms with Crippen LogP contribution in [0.3, 0.4) is 0 Å². The number of β-amino-alcohol motifs (C(OH)–C–C–N with tert-alkyl or cyclic N) is 1. The highest BCUT2D eigenvalue weighted by molar-refractivity contribution is 6.09. The molecule has 0 saturated carbocycles. The lowest BCUT2D eigenvalue weighted by Crippen LogP contribution is -2.31. The summed E-state index contributed by atoms with van der Waals surface area (Å²) in [7, 11) is 1.19. The Morgan fingerprint density at radius 3 is 2.50 bits per heavy atom. The molecule has 1 aliphatic heterocycles. The number of anilines is 1. The summed E-state index contributed by atoms with van der Waals surface area (Å²) in [5.74, 6) is -1.90. The van der Waals surface area contributed by atoms with Gasteiger partial charge in [-0.1, -0.05) is 30.3 Å². The van der Waals surface area contributed by atoms with Crippen LogP contribution in [0.2, 0.25) is 0 Å². The molecule has 2 aromatic carbocycles. The Kier molecular flexibility index (Phi) is 7.11. The number of nitrogens with zero attached hydrogens (tertiary/aromatic N) is 1. The van der Waals surface area contributed by atoms with E-state index in [-0.39, 0.29) is 60.4 Å². The van der Waals surface area contributed by atoms with E-state index in [2.05, 4.69) is 5.32 Å². The van der Waals surface area contributed by atoms with Crippen molar-refractivity contribution < 1.29 is 34.1 Å². The van der Waals surface area contributed by atoms with Crippen LogP contribution in [0.25, 0.3) is 0 Å². The quantitative estimate of drug-likeness (QED) is 0.306. The number of hydrogen-bond donors (Lipinski definition) is 3. The summed E-state index contributed by atoms with van der Waals surface area (Å²) in [6.07, 6.45) is 0. The number of ketones is 1. The lowest BCUT2D eigenvalue weighted by atomic mass is 10.1. The number of amides is 1. The molecule has 9 nitrogen and oxygen atoms in total. The van der Waals surface area contributed by atoms with Crippen LogP contribution in [0.5, 0.6) is 11.5 Å². The molecule has 0 bridgehead atoms. The van der Waals surface area contributed by atoms with Crippen molar-refractivity contribution in [3.8, 4) is 11.5 Å². The van der Waals surface area contributed by atoms with Gasteiger partial charge >= 0.3 is 5.97 Å². The van der Waals surface area contributed by atoms with Crippen LogP contribution in [-0.4, -0.2) is 59.6 Å². The van der Waals surface area contributed by atoms with Crippen molar-refractivity contribution in [1.29, 1.82) is 0 Å². The van der Waals surface area contributed by atoms with Crippen LogP contribution in [0.4, 0.5) is 5.69 Å². The van der Waals surface area contributed by atoms with Gasteiger partial charge in [-0.15, -0.1) is 0 Å². The third kappa shape index (κ3) is 4.73. The second kappa shape index (κ2) is 9.97. The van der Waals surface area contributed by atoms with Gasteiger partial charge in [0, 0.05) is 6.54 Å². The molecule has 0 atom stereocenters. The topological polar surface area (TPSA) is 125 Å². The molecule has 3 rings (SSSR count). The molecule has 1 amide bonds. The van der Waals surface area contributed by atoms with Crippen molar-refractivity contribution in [2.24, 2.45) is 0 Å². The second-order valence-corrected chi connectivity index (χ2v) is 7.09. The summed E-state index contributed by atoms with van der Waals surface area (Å²) in [4.78, 5) is 38.3. The first-order valence-electron chi connectivity index (χ1n) is 9.89. The number of esters is 1. The van der Waals surface area contributed by atoms with Gasteiger partial charge in [-0.25, -0.2) is 4.79 Å². The van der Waals surface area contributed by atoms with Gasteiger partial charge in [0.25, 0.3) is 5.91 Å². The van der Waals surface area contributed by atoms with Crippen molar-refractivity contribution in [1.82, 2.24) is 4.90 Å². The average Bonchev–Trinajstić information content (AvgIpc) is 3.09. The number of ether oxygens (including phenoxy) is 2. The summed E-state index contributed by atoms with van der Waals surface area (Å²) in [5.41, 5.74) is 0.786. The molecule has 0 unspecified atom stereocenters. The number of carbonyl (C=O) groups is 3. The first-order chi connectivity index (χ1) is 15.4. The van der Waals surface area contributed by atoms with Crippen LogP contribution in [-0.2, 0) is 20.9 Å². The van der Waals surface area contributed by atoms with Crippen LogP contribution in [0.1, 0.15) is 22.8 Å². The number of carbonyl (C=O) groups excluding carboxylic acids is 3. The van der Waals surface area contributed by atoms with Crippen LogP contribution < -0.4 is 10.1 Å². The van der Waals surface area contributed by atoms with Crippen molar-refractivity contribution >= 4 is 23.3 Å². The molecule has 0 aromatic heterocycles. The normalized spacial score (nSPS) is 13.3. The number of hydrogen-bond acceptors (Lipinski definition) is 8. The molecule has 0 fully saturated rings. The molecule has 2 aromatic rings. The van der Waals surface area contributed by atoms with Gasteiger partial charge in [-0.3, -0.25) is 9.59 Å². The zero-order valence-corrected chi connectivity index (χ0v) is 17.8. The Hall–Kier alpha value is -3.85. The molecule has 0 aliphatic carbocycles. The number of rotatable bonds is 9. The van der Waals surface area contributed by atoms with Gasteiger partial charge in [0.05, 0.1) is 31.4 Å². The number of benzene rings is 2. The smallest absolute Gasteiger partial charge is 0.337 e. The number of aliphatic hydroxyl groups excluding tert-OH is 1. The van der Waals surface area contributed by atoms with E-state index < -0.39 is 17.6 Å². The van der Waals surface area contributed by atoms with E-state index in [4.69, 9.17) is 9.47 Å². The van der Waals surface area contributed by atoms with E-state index in [1.165, 1.54) is 31.1 Å². The lowest BCUT2D eigenvalue weighted by molar-refractivity contribution is -0.136. The fourth-order valence-electron chi connectivity index (χ4n) is 3.31. The number of methoxy groups -OCH3 is 1. The fraction of sp³-hybridized carbons (Fsp3) is 0.261. The molecule has 1 heterocycles. The Bertz CT molecular complexity index is 1060. The summed E-state index contributed by atoms with van der Waals surface area (Å²) >= 11 is 0. The molecule has 0 radical (unpaired) electrons. The standard InChI is InChI=1S/C23H24N2O7/c1-14(27)16-8-9-18(32-13-15-6-4-3-5-7-15)20(21(16)28)24-19-17(23(30)31-2)12-25(10-11-26)22(19)29/h3-9,24,26,28H,10-13H2,1-2H3. The number of aliphatic hydroxyl groups is 1. The minimum absolute atomic E-state index is 0.0152. The minimum atomic E-state index is -0.727. The molecule has 0 saturated heterocycles. The summed E-state index contributed by atoms with van der Waals surface area (Å²) in [6, 6.07) is 12.2. The van der Waals surface area contributed by atoms with Crippen LogP contribution in [0, 0.1) is 0 Å². The highest BCUT2D eigenvalue weighted by Crippen LogP contribution is 2.39. The van der Waals surface area contributed by atoms with E-state index >= 15 is 0 Å². The van der Waals surface area contributed by atoms with Crippen molar-refractivity contribution in [3.63, 3.8) is 0 Å². The Labute approximate surface area is 184 Å². The van der Waals surface area contributed by atoms with Crippen molar-refractivity contribution in [2.45, 2.75) is 13.5 Å². The molecule has 0 spiro atoms. The first kappa shape index (κ1) is 22.8. The highest BCUT2D eigenvalue weighted by Gasteiger charge is 2.35. The first-order valence-corrected chi connectivity index (χ1v) is 9.89. The highest BCUT2D eigenvalue weighted by atomic mass is 16.5. The second-order valence-electron chi connectivity index (χ2n) is 7.09. The van der Waals surface area contributed by atoms with Crippen LogP contribution in [0.15, 0.2) is 53.7 Å². The lowest BCUT2D eigenvalue weighted by Gasteiger charge is -2.18. The third-order valence-corrected chi connectivity index (χ3v) is 4.96. The van der Waals surface area contributed by atoms with E-state index in [1.807, 2.05) is 30.3 Å². The predicted octanol–water partition coefficient (Wildman–Crippen LogP) is 1.85. The van der Waals surface area contributed by atoms with Gasteiger partial charge in [0.15, 0.2) is 11.5 Å². The largest absolute Gasteiger partial charge is 0.505 e. The van der Waals surface area contributed by atoms with E-state index in [1.54, 1.807) is 0 Å². The van der Waals surface area contributed by atoms with Crippen molar-refractivity contribution in [2.75, 3.05) is 32.1 Å². The SMILES string of the molecule is COC(=O)C1=C(Nc2c(OCc3ccccc3)ccc(C(C)=O)c2O)C(=O)N(CCO)C1. The van der Waals surface area contributed by atoms with Gasteiger partial charge in [0.1, 0.15) is 23.7 Å². The van der Waals surface area contributed by atoms with E-state index in [0.717, 1.165) is 5.56 Å². The molecular weight excluding hydrogens is 416 g/mol. The Balaban J connectivity index is 2.01. The maximum atomic E-state index is 12.8. The average molecular weight is 440 g/mol. The van der Waals surface area contributed by atoms with Gasteiger partial charge in [-0.2, -0.15) is 0 Å². The maximum Gasteiger partial charge on any atom is 0.337 e. The summed E-state index contributed by atoms with van der Waals surface area (Å²) in [6.45, 7) is 1.13. The van der Waals surface area contributed by atoms with Gasteiger partial charge < -0.3 is 29.9 Å². The van der Waals surface area contributed by atoms with E-state index in [9.17, 15) is 24.6 Å². The van der Waals surface area contributed by atoms with Crippen molar-refractivity contribution in [3.05, 3.63) is 64.9 Å². The van der Waals surface area contributed by atoms with E-state index in [0.29, 0.717) is 0 Å². The number of phenols is 1. The summed E-state index contributed by atoms with van der Waals surface area (Å²) in [5, 5.41) is 22.8. The minimum Gasteiger partial charge on any atom is -0.505 e. The number of phenolic OH excluding ortho intramolecular Hbond substituents is 1. The Morgan fingerprint density at radius 2 is 1.88 bits per heavy atom. The zero-order valence-electron chi connectivity index (χ0n) is 17.8. The fourth-order valence-corrected chi connectivity index (χ4v) is 3.31. The number of Topliss-reactive ketones (excluding diaryl/α,β-unsaturated/α-hetero) is 1. The molecule has 3 N–H and O–H groups in total. The van der Waals surface area contributed by atoms with Gasteiger partial charge in [-0.05, 0) is 24.6 Å². The number of aromatic hydroxyl groups is 1. The molecule has 1 aliphatic rings.